The van der Waals surface area contributed by atoms with Crippen LogP contribution in [0, 0.1) is 0 Å². The van der Waals surface area contributed by atoms with Crippen molar-refractivity contribution in [3.63, 3.8) is 0 Å². The third-order valence-electron chi connectivity index (χ3n) is 4.00. The zero-order valence-electron chi connectivity index (χ0n) is 13.2. The summed E-state index contributed by atoms with van der Waals surface area (Å²) in [7, 11) is 0. The lowest BCUT2D eigenvalue weighted by molar-refractivity contribution is 0.748. The minimum absolute atomic E-state index is 0.240. The molecule has 1 heterocycles. The van der Waals surface area contributed by atoms with Crippen molar-refractivity contribution in [2.24, 2.45) is 0 Å². The molecule has 23 heavy (non-hydrogen) atoms. The number of benzene rings is 2. The lowest BCUT2D eigenvalue weighted by atomic mass is 9.91. The van der Waals surface area contributed by atoms with Gasteiger partial charge in [0.2, 0.25) is 0 Å². The van der Waals surface area contributed by atoms with Crippen molar-refractivity contribution in [3.05, 3.63) is 71.9 Å². The monoisotopic (exact) mass is 323 g/mol. The molecule has 1 aromatic heterocycles. The Morgan fingerprint density at radius 3 is 2.57 bits per heavy atom. The summed E-state index contributed by atoms with van der Waals surface area (Å²) < 4.78 is 0. The predicted octanol–water partition coefficient (Wildman–Crippen LogP) is 3.78. The van der Waals surface area contributed by atoms with Crippen LogP contribution in [-0.4, -0.2) is 23.2 Å². The first-order chi connectivity index (χ1) is 11.3. The van der Waals surface area contributed by atoms with Crippen LogP contribution < -0.4 is 10.6 Å². The summed E-state index contributed by atoms with van der Waals surface area (Å²) in [5, 5.41) is 8.45. The first kappa shape index (κ1) is 15.6. The number of aromatic nitrogens is 1. The van der Waals surface area contributed by atoms with E-state index in [1.165, 1.54) is 16.5 Å². The van der Waals surface area contributed by atoms with E-state index in [2.05, 4.69) is 70.3 Å². The van der Waals surface area contributed by atoms with Crippen LogP contribution in [0.5, 0.6) is 0 Å². The molecule has 118 valence electrons. The Kier molecular flexibility index (Phi) is 4.93. The molecule has 3 nitrogen and oxygen atoms in total. The summed E-state index contributed by atoms with van der Waals surface area (Å²) in [4.78, 5) is 3.37. The van der Waals surface area contributed by atoms with E-state index in [1.807, 2.05) is 13.0 Å². The molecule has 3 rings (SSSR count). The van der Waals surface area contributed by atoms with Gasteiger partial charge in [0.05, 0.1) is 0 Å². The van der Waals surface area contributed by atoms with Gasteiger partial charge in [0.1, 0.15) is 0 Å². The predicted molar refractivity (Wildman–Crippen MR) is 101 cm³/mol. The number of hydrogen-bond acceptors (Lipinski definition) is 1. The summed E-state index contributed by atoms with van der Waals surface area (Å²) >= 11 is 5.32. The summed E-state index contributed by atoms with van der Waals surface area (Å²) in [6, 6.07) is 19.0. The first-order valence-electron chi connectivity index (χ1n) is 7.92. The third-order valence-corrected chi connectivity index (χ3v) is 4.29. The van der Waals surface area contributed by atoms with Gasteiger partial charge in [-0.05, 0) is 36.3 Å². The summed E-state index contributed by atoms with van der Waals surface area (Å²) in [5.41, 5.74) is 3.74. The molecule has 0 bridgehead atoms. The molecule has 0 saturated heterocycles. The van der Waals surface area contributed by atoms with E-state index >= 15 is 0 Å². The SMILES string of the molecule is CCNC(=S)NC[C@@H](c1ccccc1)c1c[nH]c2ccccc12. The Labute approximate surface area is 142 Å². The Hall–Kier alpha value is -2.33. The fraction of sp³-hybridized carbons (Fsp3) is 0.211. The Bertz CT molecular complexity index is 779. The maximum Gasteiger partial charge on any atom is 0.166 e. The largest absolute Gasteiger partial charge is 0.363 e. The second kappa shape index (κ2) is 7.29. The van der Waals surface area contributed by atoms with Crippen LogP contribution >= 0.6 is 12.2 Å². The zero-order chi connectivity index (χ0) is 16.1. The summed E-state index contributed by atoms with van der Waals surface area (Å²) in [6.07, 6.45) is 2.11. The molecular formula is C19H21N3S. The lowest BCUT2D eigenvalue weighted by Gasteiger charge is -2.19. The van der Waals surface area contributed by atoms with Crippen LogP contribution in [-0.2, 0) is 0 Å². The number of nitrogens with one attached hydrogen (secondary N) is 3. The van der Waals surface area contributed by atoms with E-state index in [4.69, 9.17) is 12.2 Å². The van der Waals surface area contributed by atoms with Crippen LogP contribution in [0.15, 0.2) is 60.8 Å². The first-order valence-corrected chi connectivity index (χ1v) is 8.33. The Morgan fingerprint density at radius 2 is 1.78 bits per heavy atom. The van der Waals surface area contributed by atoms with Gasteiger partial charge in [-0.2, -0.15) is 0 Å². The van der Waals surface area contributed by atoms with Crippen molar-refractivity contribution < 1.29 is 0 Å². The van der Waals surface area contributed by atoms with Gasteiger partial charge in [0.15, 0.2) is 5.11 Å². The minimum atomic E-state index is 0.240. The van der Waals surface area contributed by atoms with Gasteiger partial charge in [-0.1, -0.05) is 48.5 Å². The normalized spacial score (nSPS) is 12.0. The average molecular weight is 323 g/mol. The minimum Gasteiger partial charge on any atom is -0.363 e. The third kappa shape index (κ3) is 3.54. The highest BCUT2D eigenvalue weighted by atomic mass is 32.1. The van der Waals surface area contributed by atoms with Crippen LogP contribution in [0.2, 0.25) is 0 Å². The van der Waals surface area contributed by atoms with E-state index in [0.717, 1.165) is 18.6 Å². The van der Waals surface area contributed by atoms with Gasteiger partial charge in [-0.25, -0.2) is 0 Å². The maximum absolute atomic E-state index is 5.32. The quantitative estimate of drug-likeness (QED) is 0.626. The van der Waals surface area contributed by atoms with Gasteiger partial charge in [-0.3, -0.25) is 0 Å². The lowest BCUT2D eigenvalue weighted by Crippen LogP contribution is -2.37. The molecule has 0 aliphatic heterocycles. The van der Waals surface area contributed by atoms with Crippen LogP contribution in [0.4, 0.5) is 0 Å². The van der Waals surface area contributed by atoms with Gasteiger partial charge in [-0.15, -0.1) is 0 Å². The average Bonchev–Trinajstić information content (AvgIpc) is 3.00. The Balaban J connectivity index is 1.93. The standard InChI is InChI=1S/C19H21N3S/c1-2-20-19(23)22-12-16(14-8-4-3-5-9-14)17-13-21-18-11-7-6-10-15(17)18/h3-11,13,16,21H,2,12H2,1H3,(H2,20,22,23)/t16-/m0/s1. The highest BCUT2D eigenvalue weighted by Crippen LogP contribution is 2.30. The molecule has 3 N–H and O–H groups in total. The number of hydrogen-bond donors (Lipinski definition) is 3. The van der Waals surface area contributed by atoms with E-state index < -0.39 is 0 Å². The number of thiocarbonyl (C=S) groups is 1. The highest BCUT2D eigenvalue weighted by Gasteiger charge is 2.18. The molecular weight excluding hydrogens is 302 g/mol. The van der Waals surface area contributed by atoms with Gasteiger partial charge < -0.3 is 15.6 Å². The smallest absolute Gasteiger partial charge is 0.166 e. The van der Waals surface area contributed by atoms with E-state index in [0.29, 0.717) is 5.11 Å². The van der Waals surface area contributed by atoms with Gasteiger partial charge in [0, 0.05) is 36.1 Å². The van der Waals surface area contributed by atoms with Crippen molar-refractivity contribution in [1.29, 1.82) is 0 Å². The highest BCUT2D eigenvalue weighted by molar-refractivity contribution is 7.80. The molecule has 0 saturated carbocycles. The fourth-order valence-corrected chi connectivity index (χ4v) is 3.12. The van der Waals surface area contributed by atoms with E-state index in [-0.39, 0.29) is 5.92 Å². The molecule has 0 unspecified atom stereocenters. The van der Waals surface area contributed by atoms with Crippen molar-refractivity contribution >= 4 is 28.2 Å². The molecule has 0 radical (unpaired) electrons. The molecule has 4 heteroatoms. The second-order valence-corrected chi connectivity index (χ2v) is 5.90. The molecule has 0 fully saturated rings. The Morgan fingerprint density at radius 1 is 1.04 bits per heavy atom. The van der Waals surface area contributed by atoms with E-state index in [1.54, 1.807) is 0 Å². The summed E-state index contributed by atoms with van der Waals surface area (Å²) in [5.74, 6) is 0.240. The van der Waals surface area contributed by atoms with Gasteiger partial charge >= 0.3 is 0 Å². The fourth-order valence-electron chi connectivity index (χ4n) is 2.89. The van der Waals surface area contributed by atoms with Crippen molar-refractivity contribution in [1.82, 2.24) is 15.6 Å². The van der Waals surface area contributed by atoms with Crippen molar-refractivity contribution in [2.45, 2.75) is 12.8 Å². The van der Waals surface area contributed by atoms with Crippen LogP contribution in [0.1, 0.15) is 24.0 Å². The topological polar surface area (TPSA) is 39.8 Å². The number of rotatable bonds is 5. The maximum atomic E-state index is 5.32. The van der Waals surface area contributed by atoms with Crippen molar-refractivity contribution in [2.75, 3.05) is 13.1 Å². The molecule has 2 aromatic carbocycles. The summed E-state index contributed by atoms with van der Waals surface area (Å²) in [6.45, 7) is 3.63. The number of H-pyrrole nitrogens is 1. The molecule has 0 spiro atoms. The van der Waals surface area contributed by atoms with Gasteiger partial charge in [0.25, 0.3) is 0 Å². The van der Waals surface area contributed by atoms with Crippen molar-refractivity contribution in [3.8, 4) is 0 Å². The molecule has 3 aromatic rings. The van der Waals surface area contributed by atoms with E-state index in [9.17, 15) is 0 Å². The number of para-hydroxylation sites is 1. The molecule has 0 aliphatic rings. The number of fused-ring (bicyclic) bond motifs is 1. The number of aromatic amines is 1. The molecule has 0 amide bonds. The molecule has 0 aliphatic carbocycles. The zero-order valence-corrected chi connectivity index (χ0v) is 14.0. The van der Waals surface area contributed by atoms with Crippen LogP contribution in [0.3, 0.4) is 0 Å². The second-order valence-electron chi connectivity index (χ2n) is 5.49. The molecule has 1 atom stereocenters. The van der Waals surface area contributed by atoms with Crippen LogP contribution in [0.25, 0.3) is 10.9 Å².